The van der Waals surface area contributed by atoms with E-state index in [0.29, 0.717) is 36.2 Å². The Labute approximate surface area is 167 Å². The van der Waals surface area contributed by atoms with Crippen molar-refractivity contribution in [3.63, 3.8) is 0 Å². The van der Waals surface area contributed by atoms with E-state index in [4.69, 9.17) is 4.74 Å². The minimum atomic E-state index is -0.371. The molecule has 0 bridgehead atoms. The number of aromatic nitrogens is 3. The summed E-state index contributed by atoms with van der Waals surface area (Å²) in [6.45, 7) is 3.14. The van der Waals surface area contributed by atoms with E-state index in [2.05, 4.69) is 10.2 Å². The highest BCUT2D eigenvalue weighted by Crippen LogP contribution is 2.25. The van der Waals surface area contributed by atoms with Gasteiger partial charge in [-0.2, -0.15) is 0 Å². The Hall–Kier alpha value is -2.42. The maximum Gasteiger partial charge on any atom is 0.310 e. The van der Waals surface area contributed by atoms with Crippen LogP contribution in [0.25, 0.3) is 11.4 Å². The average molecular weight is 406 g/mol. The topological polar surface area (TPSA) is 77.3 Å². The molecule has 0 unspecified atom stereocenters. The molecule has 0 saturated carbocycles. The molecule has 0 aliphatic carbocycles. The molecule has 1 aromatic heterocycles. The molecule has 1 aliphatic rings. The molecule has 150 valence electrons. The highest BCUT2D eigenvalue weighted by molar-refractivity contribution is 7.99. The Morgan fingerprint density at radius 3 is 2.86 bits per heavy atom. The van der Waals surface area contributed by atoms with E-state index in [1.807, 2.05) is 0 Å². The van der Waals surface area contributed by atoms with Crippen LogP contribution in [0.3, 0.4) is 0 Å². The van der Waals surface area contributed by atoms with Gasteiger partial charge in [0.2, 0.25) is 5.91 Å². The number of carbonyl (C=O) groups excluding carboxylic acids is 2. The van der Waals surface area contributed by atoms with Crippen molar-refractivity contribution < 1.29 is 18.7 Å². The van der Waals surface area contributed by atoms with Crippen LogP contribution in [0.1, 0.15) is 19.8 Å². The minimum absolute atomic E-state index is 0.0607. The summed E-state index contributed by atoms with van der Waals surface area (Å²) < 4.78 is 20.7. The lowest BCUT2D eigenvalue weighted by atomic mass is 9.98. The Balaban J connectivity index is 1.61. The fraction of sp³-hybridized carbons (Fsp3) is 0.474. The second-order valence-electron chi connectivity index (χ2n) is 6.56. The largest absolute Gasteiger partial charge is 0.466 e. The number of piperidine rings is 1. The number of benzene rings is 1. The van der Waals surface area contributed by atoms with Crippen LogP contribution in [0, 0.1) is 11.7 Å². The molecule has 7 nitrogen and oxygen atoms in total. The summed E-state index contributed by atoms with van der Waals surface area (Å²) >= 11 is 1.25. The van der Waals surface area contributed by atoms with Gasteiger partial charge >= 0.3 is 5.97 Å². The zero-order valence-corrected chi connectivity index (χ0v) is 16.7. The van der Waals surface area contributed by atoms with Gasteiger partial charge in [0.05, 0.1) is 23.8 Å². The van der Waals surface area contributed by atoms with Crippen molar-refractivity contribution in [2.45, 2.75) is 24.9 Å². The Bertz CT molecular complexity index is 857. The maximum atomic E-state index is 14.0. The van der Waals surface area contributed by atoms with Gasteiger partial charge in [-0.05, 0) is 31.9 Å². The first-order valence-electron chi connectivity index (χ1n) is 9.22. The first-order chi connectivity index (χ1) is 13.5. The van der Waals surface area contributed by atoms with E-state index in [-0.39, 0.29) is 29.4 Å². The number of thioether (sulfide) groups is 1. The van der Waals surface area contributed by atoms with Crippen LogP contribution in [-0.4, -0.2) is 57.0 Å². The summed E-state index contributed by atoms with van der Waals surface area (Å²) in [5.41, 5.74) is 0.365. The second-order valence-corrected chi connectivity index (χ2v) is 7.51. The third-order valence-electron chi connectivity index (χ3n) is 4.67. The zero-order chi connectivity index (χ0) is 20.1. The first-order valence-corrected chi connectivity index (χ1v) is 10.2. The summed E-state index contributed by atoms with van der Waals surface area (Å²) in [6, 6.07) is 6.37. The van der Waals surface area contributed by atoms with Crippen LogP contribution in [-0.2, 0) is 21.4 Å². The molecule has 0 radical (unpaired) electrons. The lowest BCUT2D eigenvalue weighted by Gasteiger charge is -2.31. The smallest absolute Gasteiger partial charge is 0.310 e. The molecule has 9 heteroatoms. The number of carbonyl (C=O) groups is 2. The number of ether oxygens (including phenoxy) is 1. The number of halogens is 1. The SMILES string of the molecule is CCOC(=O)[C@@H]1CCCN(C(=O)CSc2nnc(-c3ccccc3F)n2C)C1. The van der Waals surface area contributed by atoms with Crippen molar-refractivity contribution in [2.75, 3.05) is 25.4 Å². The van der Waals surface area contributed by atoms with Gasteiger partial charge in [0.15, 0.2) is 11.0 Å². The van der Waals surface area contributed by atoms with Crippen LogP contribution in [0.15, 0.2) is 29.4 Å². The van der Waals surface area contributed by atoms with E-state index in [9.17, 15) is 14.0 Å². The van der Waals surface area contributed by atoms with Crippen LogP contribution in [0.2, 0.25) is 0 Å². The van der Waals surface area contributed by atoms with Crippen LogP contribution in [0.4, 0.5) is 4.39 Å². The molecule has 1 atom stereocenters. The van der Waals surface area contributed by atoms with Gasteiger partial charge in [0.25, 0.3) is 0 Å². The number of nitrogens with zero attached hydrogens (tertiary/aromatic N) is 4. The van der Waals surface area contributed by atoms with Crippen molar-refractivity contribution in [1.29, 1.82) is 0 Å². The molecular formula is C19H23FN4O3S. The summed E-state index contributed by atoms with van der Waals surface area (Å²) in [5.74, 6) is -0.342. The molecule has 1 fully saturated rings. The molecular weight excluding hydrogens is 383 g/mol. The van der Waals surface area contributed by atoms with Crippen LogP contribution in [0.5, 0.6) is 0 Å². The van der Waals surface area contributed by atoms with Crippen molar-refractivity contribution in [3.8, 4) is 11.4 Å². The Morgan fingerprint density at radius 1 is 1.32 bits per heavy atom. The molecule has 1 saturated heterocycles. The van der Waals surface area contributed by atoms with Gasteiger partial charge < -0.3 is 14.2 Å². The number of rotatable bonds is 6. The fourth-order valence-corrected chi connectivity index (χ4v) is 4.01. The van der Waals surface area contributed by atoms with Crippen LogP contribution >= 0.6 is 11.8 Å². The molecule has 0 spiro atoms. The minimum Gasteiger partial charge on any atom is -0.466 e. The molecule has 3 rings (SSSR count). The monoisotopic (exact) mass is 406 g/mol. The predicted octanol–water partition coefficient (Wildman–Crippen LogP) is 2.52. The molecule has 1 aromatic carbocycles. The number of amides is 1. The lowest BCUT2D eigenvalue weighted by molar-refractivity contribution is -0.151. The van der Waals surface area contributed by atoms with Crippen LogP contribution < -0.4 is 0 Å². The number of likely N-dealkylation sites (tertiary alicyclic amines) is 1. The molecule has 1 amide bonds. The van der Waals surface area contributed by atoms with Crippen molar-refractivity contribution in [2.24, 2.45) is 13.0 Å². The van der Waals surface area contributed by atoms with E-state index < -0.39 is 0 Å². The predicted molar refractivity (Wildman–Crippen MR) is 103 cm³/mol. The molecule has 28 heavy (non-hydrogen) atoms. The highest BCUT2D eigenvalue weighted by Gasteiger charge is 2.29. The van der Waals surface area contributed by atoms with Gasteiger partial charge in [-0.25, -0.2) is 4.39 Å². The summed E-state index contributed by atoms with van der Waals surface area (Å²) in [6.07, 6.45) is 1.52. The molecule has 1 aliphatic heterocycles. The van der Waals surface area contributed by atoms with Crippen molar-refractivity contribution in [1.82, 2.24) is 19.7 Å². The summed E-state index contributed by atoms with van der Waals surface area (Å²) in [7, 11) is 1.74. The Morgan fingerprint density at radius 2 is 2.11 bits per heavy atom. The lowest BCUT2D eigenvalue weighted by Crippen LogP contribution is -2.43. The summed E-state index contributed by atoms with van der Waals surface area (Å²) in [4.78, 5) is 26.2. The second kappa shape index (κ2) is 9.18. The quantitative estimate of drug-likeness (QED) is 0.542. The average Bonchev–Trinajstić information content (AvgIpc) is 3.07. The third kappa shape index (κ3) is 4.52. The van der Waals surface area contributed by atoms with Gasteiger partial charge in [-0.3, -0.25) is 9.59 Å². The maximum absolute atomic E-state index is 14.0. The van der Waals surface area contributed by atoms with Gasteiger partial charge in [-0.1, -0.05) is 23.9 Å². The van der Waals surface area contributed by atoms with Gasteiger partial charge in [-0.15, -0.1) is 10.2 Å². The number of hydrogen-bond donors (Lipinski definition) is 0. The van der Waals surface area contributed by atoms with E-state index in [1.165, 1.54) is 17.8 Å². The van der Waals surface area contributed by atoms with E-state index >= 15 is 0 Å². The van der Waals surface area contributed by atoms with E-state index in [1.54, 1.807) is 41.6 Å². The van der Waals surface area contributed by atoms with Crippen molar-refractivity contribution in [3.05, 3.63) is 30.1 Å². The molecule has 2 aromatic rings. The zero-order valence-electron chi connectivity index (χ0n) is 15.9. The molecule has 0 N–H and O–H groups in total. The fourth-order valence-electron chi connectivity index (χ4n) is 3.19. The number of esters is 1. The van der Waals surface area contributed by atoms with E-state index in [0.717, 1.165) is 12.8 Å². The normalized spacial score (nSPS) is 16.8. The van der Waals surface area contributed by atoms with Gasteiger partial charge in [0, 0.05) is 20.1 Å². The first kappa shape index (κ1) is 20.3. The molecule has 2 heterocycles. The standard InChI is InChI=1S/C19H23FN4O3S/c1-3-27-18(26)13-7-6-10-24(11-13)16(25)12-28-19-22-21-17(23(19)2)14-8-4-5-9-15(14)20/h4-5,8-9,13H,3,6-7,10-12H2,1-2H3/t13-/m1/s1. The third-order valence-corrected chi connectivity index (χ3v) is 5.67. The summed E-state index contributed by atoms with van der Waals surface area (Å²) in [5, 5.41) is 8.67. The highest BCUT2D eigenvalue weighted by atomic mass is 32.2. The van der Waals surface area contributed by atoms with Gasteiger partial charge in [0.1, 0.15) is 5.82 Å². The number of hydrogen-bond acceptors (Lipinski definition) is 6. The van der Waals surface area contributed by atoms with Crippen molar-refractivity contribution >= 4 is 23.6 Å². The Kier molecular flexibility index (Phi) is 6.66.